The summed E-state index contributed by atoms with van der Waals surface area (Å²) in [6.45, 7) is 7.23. The second kappa shape index (κ2) is 10.8. The van der Waals surface area contributed by atoms with Gasteiger partial charge in [0.25, 0.3) is 0 Å². The minimum Gasteiger partial charge on any atom is -0.387 e. The molecule has 6 nitrogen and oxygen atoms in total. The number of rotatable bonds is 10. The minimum atomic E-state index is -0.575. The van der Waals surface area contributed by atoms with Gasteiger partial charge in [-0.15, -0.1) is 0 Å². The van der Waals surface area contributed by atoms with Crippen LogP contribution in [0.25, 0.3) is 0 Å². The minimum absolute atomic E-state index is 0.144. The predicted octanol–water partition coefficient (Wildman–Crippen LogP) is 2.10. The summed E-state index contributed by atoms with van der Waals surface area (Å²) >= 11 is 0. The van der Waals surface area contributed by atoms with E-state index in [0.717, 1.165) is 12.8 Å². The monoisotopic (exact) mass is 356 g/mol. The molecule has 0 bridgehead atoms. The van der Waals surface area contributed by atoms with E-state index in [-0.39, 0.29) is 12.0 Å². The largest absolute Gasteiger partial charge is 0.387 e. The third-order valence-electron chi connectivity index (χ3n) is 4.76. The van der Waals surface area contributed by atoms with Gasteiger partial charge in [0.2, 0.25) is 11.8 Å². The number of amides is 2. The molecule has 2 unspecified atom stereocenters. The standard InChI is InChI=1S/C19H36N2O4/c1-19(2,3)10-8-6-5-7-9-11-20-18(24)16-12-15(25-4)13-21(16)17(23)14-22/h15-16,22H,5-14H2,1-4H3,(H,20,24). The van der Waals surface area contributed by atoms with Crippen molar-refractivity contribution in [1.82, 2.24) is 10.2 Å². The van der Waals surface area contributed by atoms with Crippen LogP contribution in [-0.2, 0) is 14.3 Å². The molecule has 0 aromatic rings. The molecule has 1 fully saturated rings. The Morgan fingerprint density at radius 3 is 2.40 bits per heavy atom. The number of carbonyl (C=O) groups excluding carboxylic acids is 2. The number of aliphatic hydroxyl groups is 1. The molecule has 0 radical (unpaired) electrons. The maximum absolute atomic E-state index is 12.3. The highest BCUT2D eigenvalue weighted by atomic mass is 16.5. The number of ether oxygens (including phenoxy) is 1. The molecule has 2 atom stereocenters. The molecule has 1 rings (SSSR count). The van der Waals surface area contributed by atoms with E-state index in [1.807, 2.05) is 0 Å². The number of aliphatic hydroxyl groups excluding tert-OH is 1. The molecule has 0 aromatic heterocycles. The normalized spacial score (nSPS) is 20.8. The molecule has 0 spiro atoms. The van der Waals surface area contributed by atoms with Crippen molar-refractivity contribution in [3.63, 3.8) is 0 Å². The summed E-state index contributed by atoms with van der Waals surface area (Å²) in [7, 11) is 1.58. The molecule has 0 aliphatic carbocycles. The molecule has 6 heteroatoms. The van der Waals surface area contributed by atoms with Crippen molar-refractivity contribution >= 4 is 11.8 Å². The second-order valence-electron chi connectivity index (χ2n) is 8.18. The topological polar surface area (TPSA) is 78.9 Å². The third kappa shape index (κ3) is 8.19. The Bertz CT molecular complexity index is 420. The van der Waals surface area contributed by atoms with Gasteiger partial charge < -0.3 is 20.1 Å². The van der Waals surface area contributed by atoms with Crippen LogP contribution in [0.2, 0.25) is 0 Å². The van der Waals surface area contributed by atoms with Crippen molar-refractivity contribution in [3.05, 3.63) is 0 Å². The van der Waals surface area contributed by atoms with Crippen molar-refractivity contribution in [3.8, 4) is 0 Å². The maximum atomic E-state index is 12.3. The first-order valence-corrected chi connectivity index (χ1v) is 9.49. The van der Waals surface area contributed by atoms with E-state index in [1.54, 1.807) is 7.11 Å². The SMILES string of the molecule is COC1CC(C(=O)NCCCCCCCC(C)(C)C)N(C(=O)CO)C1. The van der Waals surface area contributed by atoms with E-state index < -0.39 is 18.6 Å². The van der Waals surface area contributed by atoms with Gasteiger partial charge in [0.15, 0.2) is 0 Å². The highest BCUT2D eigenvalue weighted by molar-refractivity contribution is 5.88. The van der Waals surface area contributed by atoms with Gasteiger partial charge in [-0.1, -0.05) is 46.5 Å². The van der Waals surface area contributed by atoms with Crippen LogP contribution in [0.4, 0.5) is 0 Å². The molecule has 0 saturated carbocycles. The Kier molecular flexibility index (Phi) is 9.43. The molecule has 1 heterocycles. The van der Waals surface area contributed by atoms with Gasteiger partial charge in [-0.3, -0.25) is 9.59 Å². The second-order valence-corrected chi connectivity index (χ2v) is 8.18. The molecular formula is C19H36N2O4. The number of nitrogens with one attached hydrogen (secondary N) is 1. The first kappa shape index (κ1) is 21.9. The number of hydrogen-bond donors (Lipinski definition) is 2. The number of carbonyl (C=O) groups is 2. The summed E-state index contributed by atoms with van der Waals surface area (Å²) in [4.78, 5) is 25.5. The lowest BCUT2D eigenvalue weighted by molar-refractivity contribution is -0.140. The first-order chi connectivity index (χ1) is 11.8. The van der Waals surface area contributed by atoms with Gasteiger partial charge >= 0.3 is 0 Å². The first-order valence-electron chi connectivity index (χ1n) is 9.49. The van der Waals surface area contributed by atoms with Crippen LogP contribution in [0, 0.1) is 5.41 Å². The van der Waals surface area contributed by atoms with Gasteiger partial charge in [0.05, 0.1) is 6.10 Å². The summed E-state index contributed by atoms with van der Waals surface area (Å²) in [5.41, 5.74) is 0.410. The Labute approximate surface area is 152 Å². The van der Waals surface area contributed by atoms with Crippen LogP contribution in [-0.4, -0.2) is 60.8 Å². The van der Waals surface area contributed by atoms with E-state index in [1.165, 1.54) is 30.6 Å². The third-order valence-corrected chi connectivity index (χ3v) is 4.76. The smallest absolute Gasteiger partial charge is 0.249 e. The fourth-order valence-corrected chi connectivity index (χ4v) is 3.22. The summed E-state index contributed by atoms with van der Waals surface area (Å²) in [6, 6.07) is -0.531. The predicted molar refractivity (Wildman–Crippen MR) is 98.2 cm³/mol. The summed E-state index contributed by atoms with van der Waals surface area (Å²) in [5, 5.41) is 12.0. The number of unbranched alkanes of at least 4 members (excludes halogenated alkanes) is 4. The van der Waals surface area contributed by atoms with Gasteiger partial charge in [0.1, 0.15) is 12.6 Å². The molecule has 146 valence electrons. The van der Waals surface area contributed by atoms with Crippen molar-refractivity contribution < 1.29 is 19.4 Å². The molecule has 0 aromatic carbocycles. The van der Waals surface area contributed by atoms with Crippen LogP contribution in [0.1, 0.15) is 65.7 Å². The Morgan fingerprint density at radius 2 is 1.80 bits per heavy atom. The average molecular weight is 357 g/mol. The van der Waals surface area contributed by atoms with Crippen molar-refractivity contribution in [2.45, 2.75) is 77.9 Å². The van der Waals surface area contributed by atoms with E-state index in [9.17, 15) is 9.59 Å². The van der Waals surface area contributed by atoms with Crippen LogP contribution in [0.3, 0.4) is 0 Å². The molecule has 2 N–H and O–H groups in total. The number of likely N-dealkylation sites (tertiary alicyclic amines) is 1. The molecular weight excluding hydrogens is 320 g/mol. The van der Waals surface area contributed by atoms with E-state index >= 15 is 0 Å². The Morgan fingerprint density at radius 1 is 1.16 bits per heavy atom. The average Bonchev–Trinajstić information content (AvgIpc) is 2.99. The number of methoxy groups -OCH3 is 1. The number of nitrogens with zero attached hydrogens (tertiary/aromatic N) is 1. The Balaban J connectivity index is 2.21. The van der Waals surface area contributed by atoms with E-state index in [0.29, 0.717) is 24.9 Å². The molecule has 25 heavy (non-hydrogen) atoms. The zero-order chi connectivity index (χ0) is 18.9. The fourth-order valence-electron chi connectivity index (χ4n) is 3.22. The van der Waals surface area contributed by atoms with Crippen LogP contribution in [0.5, 0.6) is 0 Å². The molecule has 1 saturated heterocycles. The summed E-state index contributed by atoms with van der Waals surface area (Å²) in [6.07, 6.45) is 7.34. The highest BCUT2D eigenvalue weighted by Crippen LogP contribution is 2.22. The summed E-state index contributed by atoms with van der Waals surface area (Å²) in [5.74, 6) is -0.562. The molecule has 1 aliphatic rings. The molecule has 1 aliphatic heterocycles. The van der Waals surface area contributed by atoms with Crippen LogP contribution >= 0.6 is 0 Å². The van der Waals surface area contributed by atoms with Crippen molar-refractivity contribution in [2.24, 2.45) is 5.41 Å². The van der Waals surface area contributed by atoms with Crippen molar-refractivity contribution in [2.75, 3.05) is 26.8 Å². The Hall–Kier alpha value is -1.14. The zero-order valence-corrected chi connectivity index (χ0v) is 16.3. The molecule has 2 amide bonds. The number of hydrogen-bond acceptors (Lipinski definition) is 4. The van der Waals surface area contributed by atoms with E-state index in [4.69, 9.17) is 9.84 Å². The van der Waals surface area contributed by atoms with Gasteiger partial charge in [-0.25, -0.2) is 0 Å². The van der Waals surface area contributed by atoms with Gasteiger partial charge in [-0.05, 0) is 18.3 Å². The van der Waals surface area contributed by atoms with Crippen molar-refractivity contribution in [1.29, 1.82) is 0 Å². The highest BCUT2D eigenvalue weighted by Gasteiger charge is 2.39. The van der Waals surface area contributed by atoms with Crippen LogP contribution in [0.15, 0.2) is 0 Å². The van der Waals surface area contributed by atoms with Crippen LogP contribution < -0.4 is 5.32 Å². The fraction of sp³-hybridized carbons (Fsp3) is 0.895. The van der Waals surface area contributed by atoms with Gasteiger partial charge in [0, 0.05) is 26.6 Å². The van der Waals surface area contributed by atoms with Gasteiger partial charge in [-0.2, -0.15) is 0 Å². The van der Waals surface area contributed by atoms with E-state index in [2.05, 4.69) is 26.1 Å². The zero-order valence-electron chi connectivity index (χ0n) is 16.3. The lowest BCUT2D eigenvalue weighted by Gasteiger charge is -2.22. The maximum Gasteiger partial charge on any atom is 0.249 e. The summed E-state index contributed by atoms with van der Waals surface area (Å²) < 4.78 is 5.27. The lowest BCUT2D eigenvalue weighted by Crippen LogP contribution is -2.47. The quantitative estimate of drug-likeness (QED) is 0.588. The lowest BCUT2D eigenvalue weighted by atomic mass is 9.89.